The van der Waals surface area contributed by atoms with E-state index in [1.54, 1.807) is 7.11 Å². The molecule has 3 rings (SSSR count). The second-order valence-corrected chi connectivity index (χ2v) is 6.46. The standard InChI is InChI=1S/C19H23N5O2/c1-10-8-11(2)16-15(9-10)13(4)21-18(22-16)24-19-20-12(3)14(6-7-26-5)17(25)23-19/h8-9H,6-7H2,1-5H3,(H2,20,21,22,23,24,25). The highest BCUT2D eigenvalue weighted by Crippen LogP contribution is 2.23. The van der Waals surface area contributed by atoms with Crippen molar-refractivity contribution in [3.63, 3.8) is 0 Å². The molecule has 0 fully saturated rings. The minimum atomic E-state index is -0.179. The summed E-state index contributed by atoms with van der Waals surface area (Å²) in [6.45, 7) is 8.32. The van der Waals surface area contributed by atoms with Gasteiger partial charge in [-0.05, 0) is 39.3 Å². The van der Waals surface area contributed by atoms with Crippen molar-refractivity contribution in [2.24, 2.45) is 0 Å². The fourth-order valence-corrected chi connectivity index (χ4v) is 3.06. The Balaban J connectivity index is 1.98. The van der Waals surface area contributed by atoms with E-state index in [9.17, 15) is 4.79 Å². The van der Waals surface area contributed by atoms with Gasteiger partial charge in [-0.2, -0.15) is 0 Å². The van der Waals surface area contributed by atoms with Crippen LogP contribution in [0.1, 0.15) is 28.1 Å². The Morgan fingerprint density at radius 1 is 1.08 bits per heavy atom. The number of H-pyrrole nitrogens is 1. The van der Waals surface area contributed by atoms with E-state index in [1.165, 1.54) is 5.56 Å². The van der Waals surface area contributed by atoms with Gasteiger partial charge in [0.2, 0.25) is 11.9 Å². The van der Waals surface area contributed by atoms with Crippen LogP contribution in [0.4, 0.5) is 11.9 Å². The Morgan fingerprint density at radius 2 is 1.85 bits per heavy atom. The molecule has 0 radical (unpaired) electrons. The number of aryl methyl sites for hydroxylation is 4. The van der Waals surface area contributed by atoms with Crippen molar-refractivity contribution in [2.75, 3.05) is 19.0 Å². The molecular formula is C19H23N5O2. The van der Waals surface area contributed by atoms with Crippen LogP contribution < -0.4 is 10.9 Å². The summed E-state index contributed by atoms with van der Waals surface area (Å²) in [6.07, 6.45) is 0.523. The minimum absolute atomic E-state index is 0.179. The van der Waals surface area contributed by atoms with Crippen LogP contribution in [0.15, 0.2) is 16.9 Å². The lowest BCUT2D eigenvalue weighted by Crippen LogP contribution is -2.20. The average Bonchev–Trinajstić information content (AvgIpc) is 2.55. The van der Waals surface area contributed by atoms with Crippen molar-refractivity contribution in [1.82, 2.24) is 19.9 Å². The van der Waals surface area contributed by atoms with Crippen LogP contribution in [0.25, 0.3) is 10.9 Å². The lowest BCUT2D eigenvalue weighted by atomic mass is 10.1. The first-order valence-electron chi connectivity index (χ1n) is 8.50. The zero-order valence-electron chi connectivity index (χ0n) is 15.7. The number of rotatable bonds is 5. The molecule has 0 spiro atoms. The van der Waals surface area contributed by atoms with E-state index in [-0.39, 0.29) is 5.56 Å². The third-order valence-corrected chi connectivity index (χ3v) is 4.33. The first-order chi connectivity index (χ1) is 12.4. The molecule has 0 bridgehead atoms. The highest BCUT2D eigenvalue weighted by molar-refractivity contribution is 5.85. The number of nitrogens with zero attached hydrogens (tertiary/aromatic N) is 3. The maximum Gasteiger partial charge on any atom is 0.255 e. The molecule has 136 valence electrons. The quantitative estimate of drug-likeness (QED) is 0.733. The molecule has 0 amide bonds. The number of anilines is 2. The molecule has 26 heavy (non-hydrogen) atoms. The highest BCUT2D eigenvalue weighted by Gasteiger charge is 2.11. The van der Waals surface area contributed by atoms with Crippen LogP contribution in [0.2, 0.25) is 0 Å². The van der Waals surface area contributed by atoms with Crippen molar-refractivity contribution >= 4 is 22.8 Å². The molecule has 1 aromatic carbocycles. The van der Waals surface area contributed by atoms with Gasteiger partial charge < -0.3 is 4.74 Å². The number of fused-ring (bicyclic) bond motifs is 1. The van der Waals surface area contributed by atoms with Crippen LogP contribution in [0.5, 0.6) is 0 Å². The summed E-state index contributed by atoms with van der Waals surface area (Å²) in [6, 6.07) is 4.17. The highest BCUT2D eigenvalue weighted by atomic mass is 16.5. The van der Waals surface area contributed by atoms with Gasteiger partial charge in [0.1, 0.15) is 0 Å². The maximum atomic E-state index is 12.3. The van der Waals surface area contributed by atoms with E-state index in [2.05, 4.69) is 44.3 Å². The second-order valence-electron chi connectivity index (χ2n) is 6.46. The molecule has 7 nitrogen and oxygen atoms in total. The molecule has 0 aliphatic rings. The van der Waals surface area contributed by atoms with Gasteiger partial charge >= 0.3 is 0 Å². The Labute approximate surface area is 151 Å². The Kier molecular flexibility index (Phi) is 4.99. The van der Waals surface area contributed by atoms with Crippen LogP contribution in [-0.2, 0) is 11.2 Å². The third-order valence-electron chi connectivity index (χ3n) is 4.33. The molecule has 2 N–H and O–H groups in total. The number of benzene rings is 1. The SMILES string of the molecule is COCCc1c(C)nc(Nc2nc(C)c3cc(C)cc(C)c3n2)[nH]c1=O. The van der Waals surface area contributed by atoms with E-state index in [1.807, 2.05) is 20.8 Å². The largest absolute Gasteiger partial charge is 0.384 e. The van der Waals surface area contributed by atoms with Gasteiger partial charge in [-0.15, -0.1) is 0 Å². The molecular weight excluding hydrogens is 330 g/mol. The minimum Gasteiger partial charge on any atom is -0.384 e. The van der Waals surface area contributed by atoms with E-state index < -0.39 is 0 Å². The smallest absolute Gasteiger partial charge is 0.255 e. The Morgan fingerprint density at radius 3 is 2.54 bits per heavy atom. The average molecular weight is 353 g/mol. The Hall–Kier alpha value is -2.80. The summed E-state index contributed by atoms with van der Waals surface area (Å²) >= 11 is 0. The van der Waals surface area contributed by atoms with Gasteiger partial charge in [-0.3, -0.25) is 15.1 Å². The predicted molar refractivity (Wildman–Crippen MR) is 102 cm³/mol. The first-order valence-corrected chi connectivity index (χ1v) is 8.50. The van der Waals surface area contributed by atoms with E-state index in [0.717, 1.165) is 22.2 Å². The van der Waals surface area contributed by atoms with Gasteiger partial charge in [0, 0.05) is 24.5 Å². The Bertz CT molecular complexity index is 1030. The second kappa shape index (κ2) is 7.21. The van der Waals surface area contributed by atoms with Crippen molar-refractivity contribution in [3.8, 4) is 0 Å². The van der Waals surface area contributed by atoms with Gasteiger partial charge in [-0.25, -0.2) is 15.0 Å². The molecule has 2 aromatic heterocycles. The van der Waals surface area contributed by atoms with Crippen molar-refractivity contribution in [2.45, 2.75) is 34.1 Å². The van der Waals surface area contributed by atoms with E-state index >= 15 is 0 Å². The topological polar surface area (TPSA) is 92.8 Å². The number of aromatic amines is 1. The molecule has 0 unspecified atom stereocenters. The summed E-state index contributed by atoms with van der Waals surface area (Å²) < 4.78 is 5.04. The fraction of sp³-hybridized carbons (Fsp3) is 0.368. The van der Waals surface area contributed by atoms with Crippen molar-refractivity contribution in [3.05, 3.63) is 50.6 Å². The van der Waals surface area contributed by atoms with Crippen molar-refractivity contribution in [1.29, 1.82) is 0 Å². The van der Waals surface area contributed by atoms with E-state index in [4.69, 9.17) is 4.74 Å². The molecule has 0 aliphatic heterocycles. The van der Waals surface area contributed by atoms with Crippen LogP contribution in [0, 0.1) is 27.7 Å². The number of hydrogen-bond donors (Lipinski definition) is 2. The summed E-state index contributed by atoms with van der Waals surface area (Å²) in [7, 11) is 1.61. The summed E-state index contributed by atoms with van der Waals surface area (Å²) in [4.78, 5) is 28.6. The third kappa shape index (κ3) is 3.57. The summed E-state index contributed by atoms with van der Waals surface area (Å²) in [5.41, 5.74) is 5.14. The van der Waals surface area contributed by atoms with Gasteiger partial charge in [0.05, 0.1) is 23.5 Å². The van der Waals surface area contributed by atoms with Gasteiger partial charge in [0.25, 0.3) is 5.56 Å². The molecule has 7 heteroatoms. The fourth-order valence-electron chi connectivity index (χ4n) is 3.06. The normalized spacial score (nSPS) is 11.1. The molecule has 0 saturated heterocycles. The van der Waals surface area contributed by atoms with E-state index in [0.29, 0.717) is 36.2 Å². The summed E-state index contributed by atoms with van der Waals surface area (Å²) in [5.74, 6) is 0.742. The molecule has 0 saturated carbocycles. The lowest BCUT2D eigenvalue weighted by Gasteiger charge is -2.11. The molecule has 0 atom stereocenters. The molecule has 2 heterocycles. The van der Waals surface area contributed by atoms with Crippen LogP contribution >= 0.6 is 0 Å². The number of ether oxygens (including phenoxy) is 1. The number of methoxy groups -OCH3 is 1. The number of hydrogen-bond acceptors (Lipinski definition) is 6. The summed E-state index contributed by atoms with van der Waals surface area (Å²) in [5, 5.41) is 4.05. The van der Waals surface area contributed by atoms with Crippen LogP contribution in [-0.4, -0.2) is 33.7 Å². The van der Waals surface area contributed by atoms with Gasteiger partial charge in [-0.1, -0.05) is 11.6 Å². The number of nitrogens with one attached hydrogen (secondary N) is 2. The molecule has 3 aromatic rings. The maximum absolute atomic E-state index is 12.3. The zero-order valence-corrected chi connectivity index (χ0v) is 15.7. The first kappa shape index (κ1) is 18.0. The van der Waals surface area contributed by atoms with Gasteiger partial charge in [0.15, 0.2) is 0 Å². The predicted octanol–water partition coefficient (Wildman–Crippen LogP) is 2.88. The zero-order chi connectivity index (χ0) is 18.8. The molecule has 0 aliphatic carbocycles. The monoisotopic (exact) mass is 353 g/mol. The van der Waals surface area contributed by atoms with Crippen molar-refractivity contribution < 1.29 is 4.74 Å². The van der Waals surface area contributed by atoms with Crippen LogP contribution in [0.3, 0.4) is 0 Å². The lowest BCUT2D eigenvalue weighted by molar-refractivity contribution is 0.202. The number of aromatic nitrogens is 4.